The third-order valence-corrected chi connectivity index (χ3v) is 6.57. The second kappa shape index (κ2) is 5.95. The third-order valence-electron chi connectivity index (χ3n) is 6.57. The lowest BCUT2D eigenvalue weighted by atomic mass is 9.52. The van der Waals surface area contributed by atoms with E-state index in [4.69, 9.17) is 24.5 Å². The number of likely N-dealkylation sites (N-methyl/N-ethyl adjacent to an activating group) is 1. The fourth-order valence-electron chi connectivity index (χ4n) is 5.52. The number of piperidine rings is 1. The first kappa shape index (κ1) is 17.8. The second-order valence-corrected chi connectivity index (χ2v) is 7.71. The lowest BCUT2D eigenvalue weighted by Crippen LogP contribution is -2.65. The summed E-state index contributed by atoms with van der Waals surface area (Å²) in [5.41, 5.74) is 2.26. The van der Waals surface area contributed by atoms with E-state index in [1.807, 2.05) is 6.07 Å². The van der Waals surface area contributed by atoms with E-state index in [1.165, 1.54) is 5.56 Å². The highest BCUT2D eigenvalue weighted by Gasteiger charge is 2.65. The molecule has 8 nitrogen and oxygen atoms in total. The van der Waals surface area contributed by atoms with E-state index in [2.05, 4.69) is 11.9 Å². The van der Waals surface area contributed by atoms with Gasteiger partial charge in [0, 0.05) is 23.4 Å². The molecule has 2 bridgehead atoms. The number of carboxylic acids is 2. The average molecular weight is 375 g/mol. The number of hydrogen-bond donors (Lipinski definition) is 3. The second-order valence-electron chi connectivity index (χ2n) is 7.71. The number of phenolic OH excluding ortho intramolecular Hbond substituents is 1. The van der Waals surface area contributed by atoms with Crippen LogP contribution in [0, 0.1) is 5.92 Å². The molecule has 1 spiro atoms. The molecule has 0 radical (unpaired) electrons. The number of aliphatic carboxylic acids is 2. The first-order valence-corrected chi connectivity index (χ1v) is 8.98. The molecule has 27 heavy (non-hydrogen) atoms. The molecule has 1 aromatic carbocycles. The molecular weight excluding hydrogens is 354 g/mol. The normalized spacial score (nSPS) is 32.6. The van der Waals surface area contributed by atoms with E-state index in [1.54, 1.807) is 6.07 Å². The van der Waals surface area contributed by atoms with E-state index in [0.29, 0.717) is 24.1 Å². The number of Topliss-reactive ketones (excluding diaryl/α,β-unsaturated/α-hetero) is 1. The molecule has 0 amide bonds. The van der Waals surface area contributed by atoms with Gasteiger partial charge in [-0.15, -0.1) is 0 Å². The number of benzene rings is 1. The Labute approximate surface area is 155 Å². The van der Waals surface area contributed by atoms with Crippen LogP contribution in [0.4, 0.5) is 0 Å². The van der Waals surface area contributed by atoms with Crippen molar-refractivity contribution in [2.45, 2.75) is 43.2 Å². The maximum atomic E-state index is 12.5. The predicted octanol–water partition coefficient (Wildman–Crippen LogP) is 0.786. The Balaban J connectivity index is 0.000000264. The number of rotatable bonds is 0. The van der Waals surface area contributed by atoms with Crippen molar-refractivity contribution >= 4 is 17.7 Å². The number of hydrogen-bond acceptors (Lipinski definition) is 6. The Morgan fingerprint density at radius 1 is 1.26 bits per heavy atom. The highest BCUT2D eigenvalue weighted by molar-refractivity contribution is 6.27. The zero-order valence-corrected chi connectivity index (χ0v) is 14.8. The molecular formula is C19H21NO7. The Hall–Kier alpha value is -2.61. The summed E-state index contributed by atoms with van der Waals surface area (Å²) < 4.78 is 6.04. The van der Waals surface area contributed by atoms with Crippen LogP contribution in [0.25, 0.3) is 0 Å². The molecule has 144 valence electrons. The smallest absolute Gasteiger partial charge is 0.414 e. The summed E-state index contributed by atoms with van der Waals surface area (Å²) in [7, 11) is 2.20. The summed E-state index contributed by atoms with van der Waals surface area (Å²) in [4.78, 5) is 33.1. The first-order chi connectivity index (χ1) is 12.8. The molecule has 0 aromatic heterocycles. The molecule has 5 rings (SSSR count). The van der Waals surface area contributed by atoms with Gasteiger partial charge >= 0.3 is 11.9 Å². The van der Waals surface area contributed by atoms with Crippen LogP contribution >= 0.6 is 0 Å². The molecule has 2 fully saturated rings. The Morgan fingerprint density at radius 3 is 2.63 bits per heavy atom. The molecule has 4 atom stereocenters. The lowest BCUT2D eigenvalue weighted by molar-refractivity contribution is -0.159. The summed E-state index contributed by atoms with van der Waals surface area (Å²) in [6.07, 6.45) is 3.18. The van der Waals surface area contributed by atoms with Crippen LogP contribution in [-0.4, -0.2) is 63.7 Å². The van der Waals surface area contributed by atoms with Crippen molar-refractivity contribution in [1.82, 2.24) is 4.90 Å². The molecule has 1 saturated heterocycles. The first-order valence-electron chi connectivity index (χ1n) is 8.98. The van der Waals surface area contributed by atoms with Gasteiger partial charge in [0.15, 0.2) is 23.4 Å². The molecule has 2 aliphatic heterocycles. The number of carbonyl (C=O) groups excluding carboxylic acids is 1. The summed E-state index contributed by atoms with van der Waals surface area (Å²) in [6.45, 7) is 1.00. The molecule has 4 aliphatic rings. The van der Waals surface area contributed by atoms with E-state index in [0.717, 1.165) is 31.4 Å². The van der Waals surface area contributed by atoms with Crippen molar-refractivity contribution in [1.29, 1.82) is 0 Å². The number of carbonyl (C=O) groups is 3. The Bertz CT molecular complexity index is 839. The van der Waals surface area contributed by atoms with Crippen molar-refractivity contribution in [2.75, 3.05) is 13.6 Å². The number of phenols is 1. The van der Waals surface area contributed by atoms with Gasteiger partial charge in [0.2, 0.25) is 0 Å². The number of aromatic hydroxyl groups is 1. The minimum absolute atomic E-state index is 0.172. The Kier molecular flexibility index (Phi) is 3.92. The standard InChI is InChI=1S/C17H19NO3.C2H2O4/c1-18-7-6-17-10-3-5-13(20)16(17)21-15-12(19)4-2-9(14(15)17)8-11(10)18;3-1(4)2(5)6/h2,4,10-11,16,19H,3,5-8H2,1H3;(H,3,4)(H,5,6)/t10-,11+,16-,17-;/m0./s1. The van der Waals surface area contributed by atoms with Gasteiger partial charge in [-0.25, -0.2) is 9.59 Å². The summed E-state index contributed by atoms with van der Waals surface area (Å²) in [6, 6.07) is 4.26. The van der Waals surface area contributed by atoms with Crippen LogP contribution in [0.15, 0.2) is 12.1 Å². The predicted molar refractivity (Wildman–Crippen MR) is 91.9 cm³/mol. The van der Waals surface area contributed by atoms with Gasteiger partial charge < -0.3 is 25.0 Å². The molecule has 8 heteroatoms. The minimum Gasteiger partial charge on any atom is -0.504 e. The number of nitrogens with zero attached hydrogens (tertiary/aromatic N) is 1. The molecule has 2 aliphatic carbocycles. The quantitative estimate of drug-likeness (QED) is 0.569. The van der Waals surface area contributed by atoms with E-state index in [9.17, 15) is 9.90 Å². The molecule has 1 aromatic rings. The average Bonchev–Trinajstić information content (AvgIpc) is 2.98. The van der Waals surface area contributed by atoms with Crippen molar-refractivity contribution in [3.63, 3.8) is 0 Å². The lowest BCUT2D eigenvalue weighted by Gasteiger charge is -2.57. The van der Waals surface area contributed by atoms with Gasteiger partial charge in [0.05, 0.1) is 0 Å². The van der Waals surface area contributed by atoms with Gasteiger partial charge in [-0.1, -0.05) is 6.07 Å². The fraction of sp³-hybridized carbons (Fsp3) is 0.526. The largest absolute Gasteiger partial charge is 0.504 e. The summed E-state index contributed by atoms with van der Waals surface area (Å²) in [5.74, 6) is -2.15. The fourth-order valence-corrected chi connectivity index (χ4v) is 5.52. The number of ketones is 1. The third kappa shape index (κ3) is 2.36. The van der Waals surface area contributed by atoms with Gasteiger partial charge in [0.25, 0.3) is 0 Å². The van der Waals surface area contributed by atoms with E-state index in [-0.39, 0.29) is 23.1 Å². The van der Waals surface area contributed by atoms with Crippen LogP contribution in [0.5, 0.6) is 11.5 Å². The minimum atomic E-state index is -1.82. The molecule has 2 heterocycles. The van der Waals surface area contributed by atoms with Crippen molar-refractivity contribution in [3.8, 4) is 11.5 Å². The number of likely N-dealkylation sites (tertiary alicyclic amines) is 1. The van der Waals surface area contributed by atoms with Gasteiger partial charge in [0.1, 0.15) is 0 Å². The molecule has 1 saturated carbocycles. The van der Waals surface area contributed by atoms with Gasteiger partial charge in [-0.2, -0.15) is 0 Å². The van der Waals surface area contributed by atoms with Crippen LogP contribution in [0.3, 0.4) is 0 Å². The maximum absolute atomic E-state index is 12.5. The van der Waals surface area contributed by atoms with Crippen molar-refractivity contribution < 1.29 is 34.4 Å². The zero-order chi connectivity index (χ0) is 19.5. The van der Waals surface area contributed by atoms with Crippen LogP contribution in [0.1, 0.15) is 30.4 Å². The summed E-state index contributed by atoms with van der Waals surface area (Å²) >= 11 is 0. The van der Waals surface area contributed by atoms with Crippen LogP contribution < -0.4 is 4.74 Å². The van der Waals surface area contributed by atoms with Crippen LogP contribution in [-0.2, 0) is 26.2 Å². The highest BCUT2D eigenvalue weighted by atomic mass is 16.5. The van der Waals surface area contributed by atoms with E-state index >= 15 is 0 Å². The molecule has 3 N–H and O–H groups in total. The highest BCUT2D eigenvalue weighted by Crippen LogP contribution is 2.62. The van der Waals surface area contributed by atoms with Crippen LogP contribution in [0.2, 0.25) is 0 Å². The molecule has 0 unspecified atom stereocenters. The van der Waals surface area contributed by atoms with Crippen molar-refractivity contribution in [3.05, 3.63) is 23.3 Å². The Morgan fingerprint density at radius 2 is 1.96 bits per heavy atom. The van der Waals surface area contributed by atoms with Gasteiger partial charge in [-0.05, 0) is 50.4 Å². The van der Waals surface area contributed by atoms with Crippen molar-refractivity contribution in [2.24, 2.45) is 5.92 Å². The number of carboxylic acid groups (broad SMARTS) is 2. The topological polar surface area (TPSA) is 124 Å². The van der Waals surface area contributed by atoms with E-state index < -0.39 is 11.9 Å². The van der Waals surface area contributed by atoms with Gasteiger partial charge in [-0.3, -0.25) is 4.79 Å². The SMILES string of the molecule is CN1CC[C@]23c4c5ccc(O)c4O[C@H]2C(=O)CC[C@H]3[C@H]1C5.O=C(O)C(=O)O. The number of ether oxygens (including phenoxy) is 1. The summed E-state index contributed by atoms with van der Waals surface area (Å²) in [5, 5.41) is 25.0. The zero-order valence-electron chi connectivity index (χ0n) is 14.8. The monoisotopic (exact) mass is 375 g/mol. The maximum Gasteiger partial charge on any atom is 0.414 e.